The van der Waals surface area contributed by atoms with Gasteiger partial charge in [-0.05, 0) is 82.7 Å². The number of fused-ring (bicyclic) bond motifs is 2. The fourth-order valence-corrected chi connectivity index (χ4v) is 7.43. The van der Waals surface area contributed by atoms with Gasteiger partial charge in [-0.15, -0.1) is 69.1 Å². The number of aryl methyl sites for hydroxylation is 4. The van der Waals surface area contributed by atoms with E-state index < -0.39 is 20.8 Å². The van der Waals surface area contributed by atoms with Crippen molar-refractivity contribution in [2.45, 2.75) is 146 Å². The van der Waals surface area contributed by atoms with E-state index in [4.69, 9.17) is 17.0 Å². The summed E-state index contributed by atoms with van der Waals surface area (Å²) in [4.78, 5) is 0. The van der Waals surface area contributed by atoms with Crippen LogP contribution >= 0.6 is 17.0 Å². The molecule has 0 spiro atoms. The van der Waals surface area contributed by atoms with Crippen LogP contribution in [0.1, 0.15) is 151 Å². The predicted octanol–water partition coefficient (Wildman–Crippen LogP) is 17.4. The van der Waals surface area contributed by atoms with Gasteiger partial charge in [0.25, 0.3) is 0 Å². The van der Waals surface area contributed by atoms with Crippen LogP contribution in [0.25, 0.3) is 43.8 Å². The molecule has 2 radical (unpaired) electrons. The van der Waals surface area contributed by atoms with Gasteiger partial charge >= 0.3 is 37.9 Å². The third kappa shape index (κ3) is 12.4. The normalized spacial score (nSPS) is 11.1. The van der Waals surface area contributed by atoms with Crippen molar-refractivity contribution >= 4 is 48.1 Å². The molecule has 6 aromatic rings. The van der Waals surface area contributed by atoms with E-state index in [0.717, 1.165) is 35.2 Å². The molecule has 4 heteroatoms. The Labute approximate surface area is 363 Å². The molecule has 0 saturated carbocycles. The van der Waals surface area contributed by atoms with Gasteiger partial charge in [0.05, 0.1) is 0 Å². The standard InChI is InChI=1S/2C25H31.C2H6Si.2ClH.Zr/c2*1-7-18-11-20-10-9-19(8-2)25(24(20)12-18)23-14-21(16(3)4)13-22(15-23)17(5)6;1-3-2;;;/h2*9-17H,7-8H2,1-6H3;1-2H3;2*1H;/q2*-1;;;;+4/p-2. The van der Waals surface area contributed by atoms with Gasteiger partial charge in [-0.3, -0.25) is 0 Å². The maximum atomic E-state index is 4.93. The average Bonchev–Trinajstić information content (AvgIpc) is 3.81. The predicted molar refractivity (Wildman–Crippen MR) is 253 cm³/mol. The Morgan fingerprint density at radius 2 is 0.768 bits per heavy atom. The number of hydrogen-bond acceptors (Lipinski definition) is 0. The van der Waals surface area contributed by atoms with Crippen LogP contribution in [-0.4, -0.2) is 9.52 Å². The summed E-state index contributed by atoms with van der Waals surface area (Å²) in [5, 5.41) is 5.61. The van der Waals surface area contributed by atoms with E-state index in [9.17, 15) is 0 Å². The van der Waals surface area contributed by atoms with Crippen LogP contribution in [0, 0.1) is 0 Å². The average molecular weight is 883 g/mol. The summed E-state index contributed by atoms with van der Waals surface area (Å²) in [6.45, 7) is 31.7. The molecule has 0 unspecified atom stereocenters. The Bertz CT molecular complexity index is 1910. The van der Waals surface area contributed by atoms with Crippen molar-refractivity contribution in [3.05, 3.63) is 129 Å². The van der Waals surface area contributed by atoms with Crippen molar-refractivity contribution in [2.75, 3.05) is 0 Å². The Hall–Kier alpha value is -2.22. The molecule has 0 saturated heterocycles. The van der Waals surface area contributed by atoms with Gasteiger partial charge in [0.15, 0.2) is 0 Å². The van der Waals surface area contributed by atoms with Gasteiger partial charge in [-0.25, -0.2) is 0 Å². The third-order valence-electron chi connectivity index (χ3n) is 10.8. The van der Waals surface area contributed by atoms with E-state index in [-0.39, 0.29) is 0 Å². The maximum absolute atomic E-state index is 4.93. The Balaban J connectivity index is 0.000000264. The van der Waals surface area contributed by atoms with E-state index >= 15 is 0 Å². The van der Waals surface area contributed by atoms with E-state index in [2.05, 4.69) is 181 Å². The molecular formula is C52H68Cl2SiZr. The molecule has 0 fully saturated rings. The van der Waals surface area contributed by atoms with E-state index in [1.54, 1.807) is 0 Å². The quantitative estimate of drug-likeness (QED) is 0.0950. The van der Waals surface area contributed by atoms with Crippen molar-refractivity contribution in [1.29, 1.82) is 0 Å². The molecule has 0 bridgehead atoms. The van der Waals surface area contributed by atoms with Gasteiger partial charge in [0.1, 0.15) is 0 Å². The molecule has 0 heterocycles. The molecule has 0 nitrogen and oxygen atoms in total. The third-order valence-corrected chi connectivity index (χ3v) is 10.8. The molecule has 0 aromatic heterocycles. The van der Waals surface area contributed by atoms with Gasteiger partial charge in [0, 0.05) is 9.52 Å². The van der Waals surface area contributed by atoms with Crippen LogP contribution in [0.5, 0.6) is 0 Å². The molecular weight excluding hydrogens is 815 g/mol. The molecule has 0 aliphatic rings. The summed E-state index contributed by atoms with van der Waals surface area (Å²) in [6, 6.07) is 33.2. The fourth-order valence-electron chi connectivity index (χ4n) is 7.43. The van der Waals surface area contributed by atoms with Crippen molar-refractivity contribution in [2.24, 2.45) is 0 Å². The van der Waals surface area contributed by atoms with Gasteiger partial charge in [0.2, 0.25) is 0 Å². The first-order valence-corrected chi connectivity index (χ1v) is 29.3. The molecule has 0 N–H and O–H groups in total. The SMILES string of the molecule is CCc1cc2c(-c3cc(C(C)C)cc(C(C)C)c3)c(CC)ccc2[cH-]1.CCc1cc2c(-c3cc(C(C)C)cc(C(C)C)c3)c(CC)ccc2[cH-]1.C[Si]C.[Cl][Zr+2][Cl]. The summed E-state index contributed by atoms with van der Waals surface area (Å²) >= 11 is -0.826. The van der Waals surface area contributed by atoms with Crippen molar-refractivity contribution in [3.8, 4) is 22.3 Å². The van der Waals surface area contributed by atoms with E-state index in [0.29, 0.717) is 23.7 Å². The second kappa shape index (κ2) is 23.4. The van der Waals surface area contributed by atoms with Crippen LogP contribution in [0.2, 0.25) is 13.1 Å². The number of halogens is 2. The first-order valence-electron chi connectivity index (χ1n) is 21.0. The second-order valence-corrected chi connectivity index (χ2v) is 21.0. The van der Waals surface area contributed by atoms with Gasteiger partial charge in [-0.2, -0.15) is 12.1 Å². The summed E-state index contributed by atoms with van der Waals surface area (Å²) in [7, 11) is 11.0. The second-order valence-electron chi connectivity index (χ2n) is 16.3. The zero-order valence-corrected chi connectivity index (χ0v) is 41.9. The minimum absolute atomic E-state index is 0.549. The minimum atomic E-state index is -0.826. The van der Waals surface area contributed by atoms with Gasteiger partial charge in [-0.1, -0.05) is 155 Å². The van der Waals surface area contributed by atoms with Crippen LogP contribution in [-0.2, 0) is 46.5 Å². The molecule has 6 rings (SSSR count). The monoisotopic (exact) mass is 880 g/mol. The van der Waals surface area contributed by atoms with E-state index in [1.807, 2.05) is 0 Å². The molecule has 6 aromatic carbocycles. The van der Waals surface area contributed by atoms with Crippen molar-refractivity contribution in [1.82, 2.24) is 0 Å². The zero-order valence-electron chi connectivity index (χ0n) is 37.0. The molecule has 298 valence electrons. The number of benzene rings is 4. The summed E-state index contributed by atoms with van der Waals surface area (Å²) in [5.74, 6) is 2.19. The zero-order chi connectivity index (χ0) is 41.7. The Morgan fingerprint density at radius 3 is 1.00 bits per heavy atom. The van der Waals surface area contributed by atoms with E-state index in [1.165, 1.54) is 88.3 Å². The van der Waals surface area contributed by atoms with Crippen molar-refractivity contribution in [3.63, 3.8) is 0 Å². The van der Waals surface area contributed by atoms with Crippen LogP contribution in [0.4, 0.5) is 0 Å². The Morgan fingerprint density at radius 1 is 0.482 bits per heavy atom. The Kier molecular flexibility index (Phi) is 20.1. The van der Waals surface area contributed by atoms with Crippen LogP contribution in [0.15, 0.2) is 84.9 Å². The topological polar surface area (TPSA) is 0 Å². The van der Waals surface area contributed by atoms with Crippen molar-refractivity contribution < 1.29 is 20.8 Å². The summed E-state index contributed by atoms with van der Waals surface area (Å²) in [6.07, 6.45) is 4.33. The molecule has 0 amide bonds. The molecule has 0 aliphatic carbocycles. The summed E-state index contributed by atoms with van der Waals surface area (Å²) < 4.78 is 0. The first-order chi connectivity index (χ1) is 26.7. The number of rotatable bonds is 10. The number of hydrogen-bond donors (Lipinski definition) is 0. The summed E-state index contributed by atoms with van der Waals surface area (Å²) in [5.41, 5.74) is 17.3. The molecule has 56 heavy (non-hydrogen) atoms. The van der Waals surface area contributed by atoms with Crippen LogP contribution < -0.4 is 0 Å². The van der Waals surface area contributed by atoms with Crippen LogP contribution in [0.3, 0.4) is 0 Å². The first kappa shape index (κ1) is 48.2. The molecule has 0 atom stereocenters. The van der Waals surface area contributed by atoms with Gasteiger partial charge < -0.3 is 0 Å². The fraction of sp³-hybridized carbons (Fsp3) is 0.423. The molecule has 0 aliphatic heterocycles.